The monoisotopic (exact) mass is 858 g/mol. The van der Waals surface area contributed by atoms with Crippen molar-refractivity contribution in [3.05, 3.63) is 113 Å². The number of hydrogen-bond donors (Lipinski definition) is 5. The van der Waals surface area contributed by atoms with Crippen LogP contribution in [0.4, 0.5) is 16.2 Å². The summed E-state index contributed by atoms with van der Waals surface area (Å²) in [5.41, 5.74) is 7.28. The summed E-state index contributed by atoms with van der Waals surface area (Å²) in [5, 5.41) is 15.5. The van der Waals surface area contributed by atoms with Gasteiger partial charge in [-0.2, -0.15) is 5.10 Å². The summed E-state index contributed by atoms with van der Waals surface area (Å²) in [7, 11) is 1.57. The summed E-state index contributed by atoms with van der Waals surface area (Å²) in [6.45, 7) is 11.1. The lowest BCUT2D eigenvalue weighted by Crippen LogP contribution is -2.37. The third-order valence-electron chi connectivity index (χ3n) is 10.8. The molecule has 16 nitrogen and oxygen atoms in total. The van der Waals surface area contributed by atoms with Gasteiger partial charge in [-0.15, -0.1) is 0 Å². The maximum atomic E-state index is 13.5. The van der Waals surface area contributed by atoms with Crippen molar-refractivity contribution < 1.29 is 38.2 Å². The first kappa shape index (κ1) is 45.3. The van der Waals surface area contributed by atoms with Crippen molar-refractivity contribution >= 4 is 52.8 Å². The fourth-order valence-electron chi connectivity index (χ4n) is 7.24. The highest BCUT2D eigenvalue weighted by atomic mass is 16.5. The Balaban J connectivity index is 0.996. The molecular formula is C47H54N8O8. The van der Waals surface area contributed by atoms with Gasteiger partial charge >= 0.3 is 18.0 Å². The number of nitrogens with zero attached hydrogens (tertiary/aromatic N) is 3. The van der Waals surface area contributed by atoms with E-state index in [4.69, 9.17) is 14.2 Å². The number of benzene rings is 3. The van der Waals surface area contributed by atoms with Crippen LogP contribution >= 0.6 is 0 Å². The maximum Gasteiger partial charge on any atom is 0.322 e. The molecule has 1 aliphatic rings. The zero-order chi connectivity index (χ0) is 44.9. The average molecular weight is 859 g/mol. The van der Waals surface area contributed by atoms with E-state index in [1.807, 2.05) is 50.2 Å². The molecule has 16 heteroatoms. The molecule has 0 radical (unpaired) electrons. The van der Waals surface area contributed by atoms with Crippen LogP contribution in [0.15, 0.2) is 79.1 Å². The van der Waals surface area contributed by atoms with Crippen LogP contribution in [0.3, 0.4) is 0 Å². The zero-order valence-electron chi connectivity index (χ0n) is 36.3. The second kappa shape index (κ2) is 21.5. The van der Waals surface area contributed by atoms with Gasteiger partial charge in [0.15, 0.2) is 0 Å². The van der Waals surface area contributed by atoms with E-state index in [-0.39, 0.29) is 62.6 Å². The van der Waals surface area contributed by atoms with E-state index in [0.29, 0.717) is 57.3 Å². The molecule has 0 spiro atoms. The average Bonchev–Trinajstić information content (AvgIpc) is 4.00. The Kier molecular flexibility index (Phi) is 15.5. The minimum atomic E-state index is -0.558. The number of methoxy groups -OCH3 is 1. The molecule has 0 fully saturated rings. The highest BCUT2D eigenvalue weighted by Gasteiger charge is 2.27. The van der Waals surface area contributed by atoms with Crippen LogP contribution in [-0.2, 0) is 25.7 Å². The van der Waals surface area contributed by atoms with Crippen molar-refractivity contribution in [2.24, 2.45) is 0 Å². The molecule has 1 aliphatic heterocycles. The molecule has 0 unspecified atom stereocenters. The molecular weight excluding hydrogens is 805 g/mol. The Morgan fingerprint density at radius 2 is 1.67 bits per heavy atom. The van der Waals surface area contributed by atoms with Crippen molar-refractivity contribution in [2.45, 2.75) is 53.5 Å². The van der Waals surface area contributed by atoms with Gasteiger partial charge in [0.05, 0.1) is 31.0 Å². The van der Waals surface area contributed by atoms with E-state index < -0.39 is 11.9 Å². The van der Waals surface area contributed by atoms with Crippen LogP contribution in [0.25, 0.3) is 22.8 Å². The van der Waals surface area contributed by atoms with E-state index in [0.717, 1.165) is 36.3 Å². The molecule has 0 saturated heterocycles. The molecule has 4 amide bonds. The third kappa shape index (κ3) is 12.0. The number of aryl methyl sites for hydroxylation is 1. The number of amides is 4. The predicted octanol–water partition coefficient (Wildman–Crippen LogP) is 6.95. The van der Waals surface area contributed by atoms with Gasteiger partial charge in [-0.1, -0.05) is 38.1 Å². The van der Waals surface area contributed by atoms with E-state index in [1.54, 1.807) is 55.9 Å². The summed E-state index contributed by atoms with van der Waals surface area (Å²) in [4.78, 5) is 72.3. The molecule has 0 saturated carbocycles. The van der Waals surface area contributed by atoms with E-state index in [9.17, 15) is 24.0 Å². The normalized spacial score (nSPS) is 12.5. The van der Waals surface area contributed by atoms with E-state index in [2.05, 4.69) is 49.9 Å². The number of aromatic nitrogens is 3. The molecule has 3 heterocycles. The van der Waals surface area contributed by atoms with Crippen LogP contribution in [0, 0.1) is 13.8 Å². The Labute approximate surface area is 366 Å². The minimum absolute atomic E-state index is 0.0411. The number of urea groups is 1. The smallest absolute Gasteiger partial charge is 0.322 e. The number of nitrogens with one attached hydrogen (secondary N) is 5. The van der Waals surface area contributed by atoms with E-state index in [1.165, 1.54) is 4.90 Å². The molecule has 5 N–H and O–H groups in total. The van der Waals surface area contributed by atoms with Gasteiger partial charge in [0.1, 0.15) is 18.1 Å². The van der Waals surface area contributed by atoms with Crippen LogP contribution in [0.2, 0.25) is 0 Å². The second-order valence-corrected chi connectivity index (χ2v) is 15.0. The maximum absolute atomic E-state index is 13.5. The lowest BCUT2D eigenvalue weighted by Gasteiger charge is -2.23. The lowest BCUT2D eigenvalue weighted by molar-refractivity contribution is -0.144. The quantitative estimate of drug-likeness (QED) is 0.0310. The Hall–Kier alpha value is -7.20. The summed E-state index contributed by atoms with van der Waals surface area (Å²) in [6.07, 6.45) is 5.26. The third-order valence-corrected chi connectivity index (χ3v) is 10.8. The first-order chi connectivity index (χ1) is 30.5. The molecule has 0 bridgehead atoms. The topological polar surface area (TPSA) is 200 Å². The summed E-state index contributed by atoms with van der Waals surface area (Å²) in [5.74, 6) is -0.712. The largest absolute Gasteiger partial charge is 0.497 e. The number of carbonyl (C=O) groups excluding carboxylic acids is 5. The van der Waals surface area contributed by atoms with Gasteiger partial charge in [-0.3, -0.25) is 24.3 Å². The van der Waals surface area contributed by atoms with Gasteiger partial charge in [0, 0.05) is 72.6 Å². The molecule has 63 heavy (non-hydrogen) atoms. The highest BCUT2D eigenvalue weighted by Crippen LogP contribution is 2.36. The first-order valence-corrected chi connectivity index (χ1v) is 21.0. The van der Waals surface area contributed by atoms with Crippen molar-refractivity contribution in [3.63, 3.8) is 0 Å². The van der Waals surface area contributed by atoms with Crippen molar-refractivity contribution in [1.29, 1.82) is 0 Å². The Morgan fingerprint density at radius 1 is 0.889 bits per heavy atom. The van der Waals surface area contributed by atoms with Crippen molar-refractivity contribution in [3.8, 4) is 22.6 Å². The van der Waals surface area contributed by atoms with Crippen LogP contribution in [-0.4, -0.2) is 101 Å². The summed E-state index contributed by atoms with van der Waals surface area (Å²) >= 11 is 0. The van der Waals surface area contributed by atoms with E-state index >= 15 is 0 Å². The summed E-state index contributed by atoms with van der Waals surface area (Å²) < 4.78 is 16.4. The number of aromatic amines is 2. The fraction of sp³-hybridized carbons (Fsp3) is 0.319. The molecule has 3 aromatic carbocycles. The number of likely N-dealkylation sites (N-methyl/N-ethyl adjacent to an activating group) is 1. The molecule has 0 aliphatic carbocycles. The number of esters is 2. The standard InChI is InChI=1S/C47H54N8O8/c1-6-54(7-2)21-20-48-46(59)44-30(3)41(51-31(44)4)26-39-38-25-37(18-19-40(38)53-45(39)58)63-43(57)13-9-12-42(56)62-23-22-55(29-32-10-8-11-36(24-32)61-5)47(60)52-35-16-14-33(15-17-35)34-27-49-50-28-34/h8,10-11,14-19,24-28,51H,6-7,9,12-13,20-23,29H2,1-5H3,(H,48,59)(H,49,50)(H,52,60)(H,53,58)/b39-26-. The Morgan fingerprint density at radius 3 is 2.40 bits per heavy atom. The molecule has 2 aromatic heterocycles. The molecule has 330 valence electrons. The number of H-pyrrole nitrogens is 2. The number of fused-ring (bicyclic) bond motifs is 1. The van der Waals surface area contributed by atoms with Gasteiger partial charge in [0.25, 0.3) is 11.8 Å². The number of hydrogen-bond acceptors (Lipinski definition) is 10. The van der Waals surface area contributed by atoms with Crippen LogP contribution < -0.4 is 25.4 Å². The molecule has 5 aromatic rings. The second-order valence-electron chi connectivity index (χ2n) is 15.0. The van der Waals surface area contributed by atoms with Crippen LogP contribution in [0.1, 0.15) is 71.5 Å². The van der Waals surface area contributed by atoms with Gasteiger partial charge < -0.3 is 44.9 Å². The van der Waals surface area contributed by atoms with Gasteiger partial charge in [-0.05, 0) is 98.6 Å². The SMILES string of the molecule is CCN(CC)CCNC(=O)c1c(C)[nH]c(/C=C2\C(=O)Nc3ccc(OC(=O)CCCC(=O)OCCN(Cc4cccc(OC)c4)C(=O)Nc4ccc(-c5cn[nH]c5)cc4)cc32)c1C. The minimum Gasteiger partial charge on any atom is -0.497 e. The van der Waals surface area contributed by atoms with Gasteiger partial charge in [-0.25, -0.2) is 4.79 Å². The van der Waals surface area contributed by atoms with Crippen LogP contribution in [0.5, 0.6) is 11.5 Å². The Bertz CT molecular complexity index is 2440. The van der Waals surface area contributed by atoms with Gasteiger partial charge in [0.2, 0.25) is 0 Å². The highest BCUT2D eigenvalue weighted by molar-refractivity contribution is 6.35. The predicted molar refractivity (Wildman–Crippen MR) is 240 cm³/mol. The number of rotatable bonds is 20. The lowest BCUT2D eigenvalue weighted by atomic mass is 10.0. The molecule has 0 atom stereocenters. The number of carbonyl (C=O) groups is 5. The van der Waals surface area contributed by atoms with Crippen molar-refractivity contribution in [1.82, 2.24) is 30.3 Å². The first-order valence-electron chi connectivity index (χ1n) is 21.0. The zero-order valence-corrected chi connectivity index (χ0v) is 36.3. The number of anilines is 2. The number of ether oxygens (including phenoxy) is 3. The molecule has 6 rings (SSSR count). The fourth-order valence-corrected chi connectivity index (χ4v) is 7.24. The summed E-state index contributed by atoms with van der Waals surface area (Å²) in [6, 6.07) is 19.2. The van der Waals surface area contributed by atoms with Crippen molar-refractivity contribution in [2.75, 3.05) is 57.1 Å².